The van der Waals surface area contributed by atoms with E-state index in [2.05, 4.69) is 22.4 Å². The van der Waals surface area contributed by atoms with Crippen molar-refractivity contribution in [2.45, 2.75) is 38.6 Å². The molecule has 13 heavy (non-hydrogen) atoms. The average Bonchev–Trinajstić information content (AvgIpc) is 2.53. The number of nitrogens with zero attached hydrogens (tertiary/aromatic N) is 3. The van der Waals surface area contributed by atoms with Gasteiger partial charge in [-0.15, -0.1) is 0 Å². The number of rotatable bonds is 1. The highest BCUT2D eigenvalue weighted by Crippen LogP contribution is 2.29. The van der Waals surface area contributed by atoms with E-state index in [1.165, 1.54) is 17.5 Å². The molecule has 0 unspecified atom stereocenters. The Balaban J connectivity index is 2.11. The Morgan fingerprint density at radius 3 is 2.62 bits per heavy atom. The van der Waals surface area contributed by atoms with Crippen molar-refractivity contribution in [1.29, 1.82) is 0 Å². The lowest BCUT2D eigenvalue weighted by atomic mass is 9.87. The van der Waals surface area contributed by atoms with Crippen molar-refractivity contribution >= 4 is 0 Å². The SMILES string of the molecule is CC1CCC(n2nn[nH]c2=O)CC1. The second-order valence-corrected chi connectivity index (χ2v) is 3.86. The molecule has 1 aliphatic carbocycles. The highest BCUT2D eigenvalue weighted by molar-refractivity contribution is 4.74. The zero-order valence-electron chi connectivity index (χ0n) is 7.73. The second-order valence-electron chi connectivity index (χ2n) is 3.86. The van der Waals surface area contributed by atoms with Crippen LogP contribution in [0.2, 0.25) is 0 Å². The van der Waals surface area contributed by atoms with Gasteiger partial charge in [0.1, 0.15) is 0 Å². The Bertz CT molecular complexity index is 321. The summed E-state index contributed by atoms with van der Waals surface area (Å²) in [4.78, 5) is 11.2. The third kappa shape index (κ3) is 1.64. The van der Waals surface area contributed by atoms with Crippen molar-refractivity contribution in [2.75, 3.05) is 0 Å². The summed E-state index contributed by atoms with van der Waals surface area (Å²) in [5.41, 5.74) is -0.181. The Morgan fingerprint density at radius 2 is 2.08 bits per heavy atom. The van der Waals surface area contributed by atoms with Crippen LogP contribution in [0.3, 0.4) is 0 Å². The Kier molecular flexibility index (Phi) is 2.16. The van der Waals surface area contributed by atoms with Gasteiger partial charge in [0.2, 0.25) is 0 Å². The van der Waals surface area contributed by atoms with Crippen LogP contribution in [0.4, 0.5) is 0 Å². The van der Waals surface area contributed by atoms with Gasteiger partial charge in [-0.1, -0.05) is 6.92 Å². The highest BCUT2D eigenvalue weighted by atomic mass is 16.2. The molecule has 0 spiro atoms. The van der Waals surface area contributed by atoms with Crippen LogP contribution in [-0.2, 0) is 0 Å². The van der Waals surface area contributed by atoms with Crippen LogP contribution >= 0.6 is 0 Å². The molecule has 72 valence electrons. The van der Waals surface area contributed by atoms with Crippen molar-refractivity contribution < 1.29 is 0 Å². The zero-order valence-corrected chi connectivity index (χ0v) is 7.73. The molecule has 0 atom stereocenters. The lowest BCUT2D eigenvalue weighted by Gasteiger charge is -2.24. The van der Waals surface area contributed by atoms with Crippen LogP contribution in [0.1, 0.15) is 38.6 Å². The summed E-state index contributed by atoms with van der Waals surface area (Å²) in [6, 6.07) is 0.266. The van der Waals surface area contributed by atoms with Crippen molar-refractivity contribution in [3.8, 4) is 0 Å². The molecule has 0 radical (unpaired) electrons. The third-order valence-electron chi connectivity index (χ3n) is 2.83. The minimum atomic E-state index is -0.181. The summed E-state index contributed by atoms with van der Waals surface area (Å²) in [6.07, 6.45) is 4.47. The number of aromatic nitrogens is 4. The lowest BCUT2D eigenvalue weighted by molar-refractivity contribution is 0.266. The van der Waals surface area contributed by atoms with E-state index < -0.39 is 0 Å². The fourth-order valence-electron chi connectivity index (χ4n) is 1.93. The first-order chi connectivity index (χ1) is 6.27. The molecule has 0 amide bonds. The minimum Gasteiger partial charge on any atom is -0.245 e. The maximum Gasteiger partial charge on any atom is 0.361 e. The molecule has 5 heteroatoms. The number of hydrogen-bond acceptors (Lipinski definition) is 3. The molecular formula is C8H14N4O. The van der Waals surface area contributed by atoms with Gasteiger partial charge in [0, 0.05) is 0 Å². The molecule has 0 saturated heterocycles. The maximum atomic E-state index is 11.2. The van der Waals surface area contributed by atoms with E-state index in [0.29, 0.717) is 0 Å². The Labute approximate surface area is 76.1 Å². The fraction of sp³-hybridized carbons (Fsp3) is 0.875. The quantitative estimate of drug-likeness (QED) is 0.696. The molecule has 0 aromatic carbocycles. The molecule has 1 heterocycles. The second kappa shape index (κ2) is 3.32. The van der Waals surface area contributed by atoms with Crippen molar-refractivity contribution in [1.82, 2.24) is 20.2 Å². The van der Waals surface area contributed by atoms with E-state index in [4.69, 9.17) is 0 Å². The summed E-state index contributed by atoms with van der Waals surface area (Å²) in [5, 5.41) is 9.58. The van der Waals surface area contributed by atoms with Gasteiger partial charge in [-0.05, 0) is 42.0 Å². The summed E-state index contributed by atoms with van der Waals surface area (Å²) in [7, 11) is 0. The largest absolute Gasteiger partial charge is 0.361 e. The molecular weight excluding hydrogens is 168 g/mol. The molecule has 5 nitrogen and oxygen atoms in total. The van der Waals surface area contributed by atoms with Gasteiger partial charge >= 0.3 is 5.69 Å². The molecule has 1 fully saturated rings. The lowest BCUT2D eigenvalue weighted by Crippen LogP contribution is -2.26. The van der Waals surface area contributed by atoms with Gasteiger partial charge < -0.3 is 0 Å². The summed E-state index contributed by atoms with van der Waals surface area (Å²) in [5.74, 6) is 0.791. The van der Waals surface area contributed by atoms with Gasteiger partial charge in [-0.3, -0.25) is 0 Å². The van der Waals surface area contributed by atoms with E-state index in [9.17, 15) is 4.79 Å². The molecule has 1 aromatic heterocycles. The summed E-state index contributed by atoms with van der Waals surface area (Å²) in [6.45, 7) is 2.25. The van der Waals surface area contributed by atoms with Gasteiger partial charge in [-0.2, -0.15) is 4.68 Å². The molecule has 2 rings (SSSR count). The van der Waals surface area contributed by atoms with Crippen LogP contribution in [0.5, 0.6) is 0 Å². The number of H-pyrrole nitrogens is 1. The monoisotopic (exact) mass is 182 g/mol. The third-order valence-corrected chi connectivity index (χ3v) is 2.83. The first-order valence-electron chi connectivity index (χ1n) is 4.77. The summed E-state index contributed by atoms with van der Waals surface area (Å²) >= 11 is 0. The number of aromatic amines is 1. The predicted molar refractivity (Wildman–Crippen MR) is 47.3 cm³/mol. The zero-order chi connectivity index (χ0) is 9.26. The van der Waals surface area contributed by atoms with Crippen LogP contribution in [0.25, 0.3) is 0 Å². The number of tetrazole rings is 1. The van der Waals surface area contributed by atoms with E-state index >= 15 is 0 Å². The Morgan fingerprint density at radius 1 is 1.38 bits per heavy atom. The fourth-order valence-corrected chi connectivity index (χ4v) is 1.93. The van der Waals surface area contributed by atoms with Crippen LogP contribution < -0.4 is 5.69 Å². The molecule has 1 aromatic rings. The van der Waals surface area contributed by atoms with E-state index in [1.807, 2.05) is 0 Å². The van der Waals surface area contributed by atoms with Crippen LogP contribution in [0, 0.1) is 5.92 Å². The molecule has 1 aliphatic rings. The molecule has 1 N–H and O–H groups in total. The molecule has 1 saturated carbocycles. The van der Waals surface area contributed by atoms with E-state index in [0.717, 1.165) is 18.8 Å². The van der Waals surface area contributed by atoms with Gasteiger partial charge in [0.15, 0.2) is 0 Å². The van der Waals surface area contributed by atoms with Crippen molar-refractivity contribution in [3.05, 3.63) is 10.5 Å². The van der Waals surface area contributed by atoms with E-state index in [1.54, 1.807) is 0 Å². The van der Waals surface area contributed by atoms with E-state index in [-0.39, 0.29) is 11.7 Å². The van der Waals surface area contributed by atoms with Gasteiger partial charge in [0.05, 0.1) is 6.04 Å². The smallest absolute Gasteiger partial charge is 0.245 e. The number of hydrogen-bond donors (Lipinski definition) is 1. The highest BCUT2D eigenvalue weighted by Gasteiger charge is 2.21. The Hall–Kier alpha value is -1.13. The summed E-state index contributed by atoms with van der Waals surface area (Å²) < 4.78 is 1.48. The predicted octanol–water partition coefficient (Wildman–Crippen LogP) is 0.718. The molecule has 0 bridgehead atoms. The first kappa shape index (κ1) is 8.47. The van der Waals surface area contributed by atoms with Crippen LogP contribution in [-0.4, -0.2) is 20.2 Å². The number of nitrogens with one attached hydrogen (secondary N) is 1. The minimum absolute atomic E-state index is 0.181. The van der Waals surface area contributed by atoms with Crippen molar-refractivity contribution in [2.24, 2.45) is 5.92 Å². The molecule has 0 aliphatic heterocycles. The van der Waals surface area contributed by atoms with Crippen LogP contribution in [0.15, 0.2) is 4.79 Å². The topological polar surface area (TPSA) is 63.6 Å². The van der Waals surface area contributed by atoms with Gasteiger partial charge in [0.25, 0.3) is 0 Å². The normalized spacial score (nSPS) is 29.0. The maximum absolute atomic E-state index is 11.2. The standard InChI is InChI=1S/C8H14N4O/c1-6-2-4-7(5-3-6)12-8(13)9-10-11-12/h6-7H,2-5H2,1H3,(H,9,11,13). The van der Waals surface area contributed by atoms with Gasteiger partial charge in [-0.25, -0.2) is 9.89 Å². The average molecular weight is 182 g/mol. The van der Waals surface area contributed by atoms with Crippen molar-refractivity contribution in [3.63, 3.8) is 0 Å². The first-order valence-corrected chi connectivity index (χ1v) is 4.77.